The highest BCUT2D eigenvalue weighted by Crippen LogP contribution is 2.32. The molecular formula is C16H11FN4S3. The van der Waals surface area contributed by atoms with Gasteiger partial charge in [0.05, 0.1) is 21.7 Å². The highest BCUT2D eigenvalue weighted by atomic mass is 32.2. The van der Waals surface area contributed by atoms with Gasteiger partial charge in [-0.1, -0.05) is 47.4 Å². The van der Waals surface area contributed by atoms with Crippen LogP contribution in [0.2, 0.25) is 0 Å². The molecule has 24 heavy (non-hydrogen) atoms. The average molecular weight is 374 g/mol. The number of thiazole rings is 1. The minimum atomic E-state index is -0.309. The van der Waals surface area contributed by atoms with Gasteiger partial charge in [0.15, 0.2) is 4.34 Å². The van der Waals surface area contributed by atoms with E-state index in [4.69, 9.17) is 0 Å². The van der Waals surface area contributed by atoms with Crippen molar-refractivity contribution in [3.05, 3.63) is 59.4 Å². The molecular weight excluding hydrogens is 363 g/mol. The summed E-state index contributed by atoms with van der Waals surface area (Å²) in [5.41, 5.74) is 1.42. The molecule has 0 radical (unpaired) electrons. The van der Waals surface area contributed by atoms with Gasteiger partial charge < -0.3 is 5.32 Å². The van der Waals surface area contributed by atoms with Crippen LogP contribution in [-0.2, 0) is 5.75 Å². The molecule has 0 aliphatic heterocycles. The summed E-state index contributed by atoms with van der Waals surface area (Å²) >= 11 is 4.67. The van der Waals surface area contributed by atoms with Crippen molar-refractivity contribution in [2.24, 2.45) is 0 Å². The van der Waals surface area contributed by atoms with Crippen LogP contribution in [0.1, 0.15) is 5.01 Å². The molecule has 2 aromatic heterocycles. The standard InChI is InChI=1S/C16H11FN4S3/c17-10-5-1-2-6-11(10)19-15-20-21-16(24-15)22-9-14-18-12-7-3-4-8-13(12)23-14/h1-8H,9H2,(H,19,20). The first kappa shape index (κ1) is 15.5. The topological polar surface area (TPSA) is 50.7 Å². The van der Waals surface area contributed by atoms with E-state index in [1.165, 1.54) is 22.1 Å². The van der Waals surface area contributed by atoms with Crippen LogP contribution in [0.25, 0.3) is 10.2 Å². The van der Waals surface area contributed by atoms with Crippen LogP contribution in [0.3, 0.4) is 0 Å². The van der Waals surface area contributed by atoms with Crippen LogP contribution in [0.15, 0.2) is 52.9 Å². The van der Waals surface area contributed by atoms with Gasteiger partial charge in [-0.05, 0) is 24.3 Å². The fourth-order valence-corrected chi connectivity index (χ4v) is 4.83. The lowest BCUT2D eigenvalue weighted by Crippen LogP contribution is -1.92. The highest BCUT2D eigenvalue weighted by Gasteiger charge is 2.09. The van der Waals surface area contributed by atoms with Gasteiger partial charge in [0, 0.05) is 0 Å². The second-order valence-corrected chi connectivity index (χ2v) is 8.16. The van der Waals surface area contributed by atoms with Gasteiger partial charge in [-0.2, -0.15) is 0 Å². The van der Waals surface area contributed by atoms with E-state index in [-0.39, 0.29) is 5.82 Å². The van der Waals surface area contributed by atoms with Gasteiger partial charge in [-0.3, -0.25) is 0 Å². The fourth-order valence-electron chi connectivity index (χ4n) is 2.10. The number of benzene rings is 2. The zero-order chi connectivity index (χ0) is 16.4. The van der Waals surface area contributed by atoms with E-state index in [0.717, 1.165) is 20.6 Å². The Kier molecular flexibility index (Phi) is 4.42. The number of thioether (sulfide) groups is 1. The van der Waals surface area contributed by atoms with Gasteiger partial charge >= 0.3 is 0 Å². The third kappa shape index (κ3) is 3.40. The molecule has 0 spiro atoms. The Balaban J connectivity index is 1.42. The summed E-state index contributed by atoms with van der Waals surface area (Å²) in [6.45, 7) is 0. The second kappa shape index (κ2) is 6.84. The third-order valence-corrected chi connectivity index (χ3v) is 6.38. The summed E-state index contributed by atoms with van der Waals surface area (Å²) in [7, 11) is 0. The van der Waals surface area contributed by atoms with Crippen molar-refractivity contribution in [1.82, 2.24) is 15.2 Å². The van der Waals surface area contributed by atoms with Crippen LogP contribution < -0.4 is 5.32 Å². The van der Waals surface area contributed by atoms with Gasteiger partial charge in [-0.15, -0.1) is 21.5 Å². The van der Waals surface area contributed by atoms with Crippen molar-refractivity contribution >= 4 is 55.5 Å². The van der Waals surface area contributed by atoms with Crippen LogP contribution in [0, 0.1) is 5.82 Å². The molecule has 2 aromatic carbocycles. The molecule has 0 saturated heterocycles. The van der Waals surface area contributed by atoms with Crippen molar-refractivity contribution in [3.8, 4) is 0 Å². The summed E-state index contributed by atoms with van der Waals surface area (Å²) in [5.74, 6) is 0.435. The maximum Gasteiger partial charge on any atom is 0.210 e. The molecule has 0 bridgehead atoms. The van der Waals surface area contributed by atoms with Gasteiger partial charge in [0.2, 0.25) is 5.13 Å². The Morgan fingerprint density at radius 1 is 1.00 bits per heavy atom. The number of para-hydroxylation sites is 2. The number of nitrogens with zero attached hydrogens (tertiary/aromatic N) is 3. The van der Waals surface area contributed by atoms with Crippen LogP contribution in [0.4, 0.5) is 15.2 Å². The van der Waals surface area contributed by atoms with E-state index in [1.807, 2.05) is 18.2 Å². The molecule has 0 unspecified atom stereocenters. The lowest BCUT2D eigenvalue weighted by Gasteiger charge is -2.01. The number of anilines is 2. The van der Waals surface area contributed by atoms with Crippen molar-refractivity contribution < 1.29 is 4.39 Å². The predicted molar refractivity (Wildman–Crippen MR) is 98.8 cm³/mol. The minimum absolute atomic E-state index is 0.309. The van der Waals surface area contributed by atoms with Crippen molar-refractivity contribution in [2.75, 3.05) is 5.32 Å². The predicted octanol–water partition coefficient (Wildman–Crippen LogP) is 5.32. The van der Waals surface area contributed by atoms with E-state index in [1.54, 1.807) is 41.3 Å². The third-order valence-electron chi connectivity index (χ3n) is 3.18. The van der Waals surface area contributed by atoms with E-state index < -0.39 is 0 Å². The molecule has 2 heterocycles. The average Bonchev–Trinajstić information content (AvgIpc) is 3.21. The summed E-state index contributed by atoms with van der Waals surface area (Å²) in [5, 5.41) is 12.8. The Bertz CT molecular complexity index is 949. The number of rotatable bonds is 5. The molecule has 0 amide bonds. The molecule has 4 nitrogen and oxygen atoms in total. The van der Waals surface area contributed by atoms with Crippen LogP contribution in [0.5, 0.6) is 0 Å². The van der Waals surface area contributed by atoms with E-state index in [2.05, 4.69) is 26.6 Å². The van der Waals surface area contributed by atoms with Gasteiger partial charge in [-0.25, -0.2) is 9.37 Å². The molecule has 4 rings (SSSR count). The fraction of sp³-hybridized carbons (Fsp3) is 0.0625. The first-order valence-electron chi connectivity index (χ1n) is 7.10. The quantitative estimate of drug-likeness (QED) is 0.479. The normalized spacial score (nSPS) is 11.0. The van der Waals surface area contributed by atoms with E-state index in [0.29, 0.717) is 10.8 Å². The van der Waals surface area contributed by atoms with Gasteiger partial charge in [0.25, 0.3) is 0 Å². The highest BCUT2D eigenvalue weighted by molar-refractivity contribution is 8.00. The Morgan fingerprint density at radius 2 is 1.83 bits per heavy atom. The molecule has 0 atom stereocenters. The first-order chi connectivity index (χ1) is 11.8. The van der Waals surface area contributed by atoms with Crippen LogP contribution >= 0.6 is 34.4 Å². The number of nitrogens with one attached hydrogen (secondary N) is 1. The van der Waals surface area contributed by atoms with Gasteiger partial charge in [0.1, 0.15) is 10.8 Å². The molecule has 0 aliphatic rings. The summed E-state index contributed by atoms with van der Waals surface area (Å²) < 4.78 is 15.6. The smallest absolute Gasteiger partial charge is 0.210 e. The number of halogens is 1. The number of hydrogen-bond acceptors (Lipinski definition) is 7. The van der Waals surface area contributed by atoms with Crippen molar-refractivity contribution in [2.45, 2.75) is 10.1 Å². The maximum absolute atomic E-state index is 13.6. The minimum Gasteiger partial charge on any atom is -0.328 e. The molecule has 8 heteroatoms. The lowest BCUT2D eigenvalue weighted by atomic mass is 10.3. The lowest BCUT2D eigenvalue weighted by molar-refractivity contribution is 0.632. The maximum atomic E-state index is 13.6. The molecule has 4 aromatic rings. The van der Waals surface area contributed by atoms with E-state index >= 15 is 0 Å². The number of aromatic nitrogens is 3. The van der Waals surface area contributed by atoms with Crippen LogP contribution in [-0.4, -0.2) is 15.2 Å². The number of fused-ring (bicyclic) bond motifs is 1. The largest absolute Gasteiger partial charge is 0.328 e. The number of hydrogen-bond donors (Lipinski definition) is 1. The van der Waals surface area contributed by atoms with E-state index in [9.17, 15) is 4.39 Å². The Hall–Kier alpha value is -2.03. The first-order valence-corrected chi connectivity index (χ1v) is 9.72. The Morgan fingerprint density at radius 3 is 2.71 bits per heavy atom. The molecule has 0 fully saturated rings. The molecule has 0 saturated carbocycles. The molecule has 0 aliphatic carbocycles. The summed E-state index contributed by atoms with van der Waals surface area (Å²) in [4.78, 5) is 4.60. The summed E-state index contributed by atoms with van der Waals surface area (Å²) in [6.07, 6.45) is 0. The molecule has 1 N–H and O–H groups in total. The summed E-state index contributed by atoms with van der Waals surface area (Å²) in [6, 6.07) is 14.6. The van der Waals surface area contributed by atoms with Crippen molar-refractivity contribution in [1.29, 1.82) is 0 Å². The second-order valence-electron chi connectivity index (χ2n) is 4.84. The Labute approximate surface area is 149 Å². The zero-order valence-corrected chi connectivity index (χ0v) is 14.7. The monoisotopic (exact) mass is 374 g/mol. The SMILES string of the molecule is Fc1ccccc1Nc1nnc(SCc2nc3ccccc3s2)s1. The zero-order valence-electron chi connectivity index (χ0n) is 12.3. The van der Waals surface area contributed by atoms with Crippen molar-refractivity contribution in [3.63, 3.8) is 0 Å². The molecule has 120 valence electrons.